The molecule has 2 aliphatic rings. The minimum absolute atomic E-state index is 0.0197. The Kier molecular flexibility index (Phi) is 9.12. The van der Waals surface area contributed by atoms with Gasteiger partial charge in [0.25, 0.3) is 5.91 Å². The molecule has 14 heteroatoms. The van der Waals surface area contributed by atoms with Gasteiger partial charge in [-0.05, 0) is 17.5 Å². The van der Waals surface area contributed by atoms with Crippen LogP contribution in [0.4, 0.5) is 29.7 Å². The molecule has 0 saturated carbocycles. The molecule has 2 atom stereocenters. The van der Waals surface area contributed by atoms with Crippen LogP contribution in [0.3, 0.4) is 0 Å². The van der Waals surface area contributed by atoms with Crippen LogP contribution in [0.15, 0.2) is 36.7 Å². The standard InChI is InChI=1S/C28H34F2N6O6/c1-28(2,3)23(33-24(37)17-6-5-7-31-14-17)25(38)35-10-8-34(9-11-35)22-20(29)12-18(13-21(22)30)36-16-19(42-27(36)40)15-32-26(39)41-4/h5-7,12-14,19,23H,8-11,15-16H2,1-4H3,(H,32,39)(H,33,37). The number of amides is 4. The molecule has 3 heterocycles. The largest absolute Gasteiger partial charge is 0.453 e. The Balaban J connectivity index is 1.40. The molecule has 12 nitrogen and oxygen atoms in total. The van der Waals surface area contributed by atoms with Crippen LogP contribution in [0.5, 0.6) is 0 Å². The van der Waals surface area contributed by atoms with Gasteiger partial charge in [0.15, 0.2) is 11.6 Å². The maximum atomic E-state index is 15.3. The number of halogens is 2. The molecular formula is C28H34F2N6O6. The highest BCUT2D eigenvalue weighted by molar-refractivity contribution is 5.97. The molecule has 2 fully saturated rings. The number of hydrogen-bond donors (Lipinski definition) is 2. The van der Waals surface area contributed by atoms with Gasteiger partial charge in [0, 0.05) is 50.7 Å². The maximum absolute atomic E-state index is 15.3. The van der Waals surface area contributed by atoms with Crippen molar-refractivity contribution in [3.63, 3.8) is 0 Å². The van der Waals surface area contributed by atoms with Crippen molar-refractivity contribution < 1.29 is 37.4 Å². The molecule has 226 valence electrons. The van der Waals surface area contributed by atoms with Crippen LogP contribution in [-0.2, 0) is 14.3 Å². The summed E-state index contributed by atoms with van der Waals surface area (Å²) in [5.74, 6) is -2.46. The minimum Gasteiger partial charge on any atom is -0.453 e. The van der Waals surface area contributed by atoms with Crippen LogP contribution >= 0.6 is 0 Å². The van der Waals surface area contributed by atoms with Crippen molar-refractivity contribution in [3.05, 3.63) is 53.9 Å². The predicted octanol–water partition coefficient (Wildman–Crippen LogP) is 2.53. The first kappa shape index (κ1) is 30.5. The molecule has 1 aromatic carbocycles. The Morgan fingerprint density at radius 1 is 1.14 bits per heavy atom. The Labute approximate surface area is 241 Å². The van der Waals surface area contributed by atoms with E-state index < -0.39 is 47.3 Å². The van der Waals surface area contributed by atoms with Gasteiger partial charge < -0.3 is 29.9 Å². The molecule has 42 heavy (non-hydrogen) atoms. The van der Waals surface area contributed by atoms with Gasteiger partial charge in [-0.2, -0.15) is 0 Å². The quantitative estimate of drug-likeness (QED) is 0.504. The van der Waals surface area contributed by atoms with Crippen LogP contribution in [0.25, 0.3) is 0 Å². The summed E-state index contributed by atoms with van der Waals surface area (Å²) < 4.78 is 40.2. The summed E-state index contributed by atoms with van der Waals surface area (Å²) in [5.41, 5.74) is -0.565. The molecule has 0 radical (unpaired) electrons. The number of carbonyl (C=O) groups excluding carboxylic acids is 4. The highest BCUT2D eigenvalue weighted by Gasteiger charge is 2.38. The maximum Gasteiger partial charge on any atom is 0.414 e. The zero-order valence-electron chi connectivity index (χ0n) is 23.9. The number of ether oxygens (including phenoxy) is 2. The number of aromatic nitrogens is 1. The summed E-state index contributed by atoms with van der Waals surface area (Å²) >= 11 is 0. The third-order valence-corrected chi connectivity index (χ3v) is 7.07. The van der Waals surface area contributed by atoms with Gasteiger partial charge >= 0.3 is 12.2 Å². The number of rotatable bonds is 7. The number of pyridine rings is 1. The first-order valence-electron chi connectivity index (χ1n) is 13.4. The van der Waals surface area contributed by atoms with Gasteiger partial charge in [0.2, 0.25) is 5.91 Å². The second-order valence-corrected chi connectivity index (χ2v) is 11.1. The van der Waals surface area contributed by atoms with Crippen molar-refractivity contribution in [2.75, 3.05) is 56.2 Å². The van der Waals surface area contributed by atoms with Crippen LogP contribution < -0.4 is 20.4 Å². The first-order valence-corrected chi connectivity index (χ1v) is 13.4. The van der Waals surface area contributed by atoms with E-state index in [9.17, 15) is 19.2 Å². The molecule has 2 aliphatic heterocycles. The zero-order chi connectivity index (χ0) is 30.6. The number of nitrogens with zero attached hydrogens (tertiary/aromatic N) is 4. The number of piperazine rings is 1. The Morgan fingerprint density at radius 3 is 2.38 bits per heavy atom. The third-order valence-electron chi connectivity index (χ3n) is 7.07. The van der Waals surface area contributed by atoms with Gasteiger partial charge in [-0.1, -0.05) is 20.8 Å². The van der Waals surface area contributed by atoms with E-state index in [0.29, 0.717) is 5.56 Å². The molecule has 2 saturated heterocycles. The summed E-state index contributed by atoms with van der Waals surface area (Å²) in [6.07, 6.45) is 0.745. The fourth-order valence-corrected chi connectivity index (χ4v) is 4.81. The number of benzene rings is 1. The van der Waals surface area contributed by atoms with E-state index in [1.807, 2.05) is 20.8 Å². The lowest BCUT2D eigenvalue weighted by Crippen LogP contribution is -2.58. The normalized spacial score (nSPS) is 17.9. The fraction of sp³-hybridized carbons (Fsp3) is 0.464. The van der Waals surface area contributed by atoms with Gasteiger partial charge in [-0.15, -0.1) is 0 Å². The fourth-order valence-electron chi connectivity index (χ4n) is 4.81. The van der Waals surface area contributed by atoms with Crippen molar-refractivity contribution in [1.82, 2.24) is 20.5 Å². The Bertz CT molecular complexity index is 1310. The molecule has 4 rings (SSSR count). The zero-order valence-corrected chi connectivity index (χ0v) is 23.9. The smallest absolute Gasteiger partial charge is 0.414 e. The van der Waals surface area contributed by atoms with Crippen LogP contribution in [0.1, 0.15) is 31.1 Å². The first-order chi connectivity index (χ1) is 19.9. The van der Waals surface area contributed by atoms with Gasteiger partial charge in [-0.3, -0.25) is 19.5 Å². The number of hydrogen-bond acceptors (Lipinski definition) is 8. The summed E-state index contributed by atoms with van der Waals surface area (Å²) in [6.45, 7) is 6.16. The van der Waals surface area contributed by atoms with Crippen molar-refractivity contribution in [2.24, 2.45) is 5.41 Å². The lowest BCUT2D eigenvalue weighted by Gasteiger charge is -2.40. The number of methoxy groups -OCH3 is 1. The minimum atomic E-state index is -0.870. The van der Waals surface area contributed by atoms with E-state index >= 15 is 8.78 Å². The lowest BCUT2D eigenvalue weighted by atomic mass is 9.85. The molecule has 2 unspecified atom stereocenters. The predicted molar refractivity (Wildman–Crippen MR) is 148 cm³/mol. The number of alkyl carbamates (subject to hydrolysis) is 1. The molecule has 1 aromatic heterocycles. The van der Waals surface area contributed by atoms with Crippen LogP contribution in [-0.4, -0.2) is 92.4 Å². The number of cyclic esters (lactones) is 1. The third kappa shape index (κ3) is 6.86. The van der Waals surface area contributed by atoms with Gasteiger partial charge in [0.1, 0.15) is 17.8 Å². The summed E-state index contributed by atoms with van der Waals surface area (Å²) in [4.78, 5) is 58.0. The van der Waals surface area contributed by atoms with E-state index in [-0.39, 0.29) is 56.6 Å². The van der Waals surface area contributed by atoms with Crippen LogP contribution in [0.2, 0.25) is 0 Å². The average Bonchev–Trinajstić information content (AvgIpc) is 3.34. The van der Waals surface area contributed by atoms with E-state index in [4.69, 9.17) is 4.74 Å². The highest BCUT2D eigenvalue weighted by Crippen LogP contribution is 2.32. The second kappa shape index (κ2) is 12.6. The molecular weight excluding hydrogens is 554 g/mol. The molecule has 0 aliphatic carbocycles. The second-order valence-electron chi connectivity index (χ2n) is 11.1. The van der Waals surface area contributed by atoms with Gasteiger partial charge in [-0.25, -0.2) is 18.4 Å². The Hall–Kier alpha value is -4.49. The van der Waals surface area contributed by atoms with Crippen molar-refractivity contribution in [1.29, 1.82) is 0 Å². The number of nitrogens with one attached hydrogen (secondary N) is 2. The van der Waals surface area contributed by atoms with Gasteiger partial charge in [0.05, 0.1) is 31.5 Å². The number of carbonyl (C=O) groups is 4. The molecule has 0 bridgehead atoms. The van der Waals surface area contributed by atoms with E-state index in [1.54, 1.807) is 23.2 Å². The topological polar surface area (TPSA) is 133 Å². The van der Waals surface area contributed by atoms with Crippen molar-refractivity contribution >= 4 is 35.4 Å². The van der Waals surface area contributed by atoms with Crippen molar-refractivity contribution in [2.45, 2.75) is 32.9 Å². The van der Waals surface area contributed by atoms with Crippen molar-refractivity contribution in [3.8, 4) is 0 Å². The number of anilines is 2. The monoisotopic (exact) mass is 588 g/mol. The van der Waals surface area contributed by atoms with E-state index in [0.717, 1.165) is 17.0 Å². The van der Waals surface area contributed by atoms with E-state index in [1.165, 1.54) is 18.2 Å². The molecule has 0 spiro atoms. The Morgan fingerprint density at radius 2 is 1.81 bits per heavy atom. The molecule has 2 N–H and O–H groups in total. The highest BCUT2D eigenvalue weighted by atomic mass is 19.1. The molecule has 2 aromatic rings. The summed E-state index contributed by atoms with van der Waals surface area (Å²) in [7, 11) is 1.19. The van der Waals surface area contributed by atoms with E-state index in [2.05, 4.69) is 20.4 Å². The summed E-state index contributed by atoms with van der Waals surface area (Å²) in [5, 5.41) is 5.23. The lowest BCUT2D eigenvalue weighted by molar-refractivity contribution is -0.136. The van der Waals surface area contributed by atoms with Crippen LogP contribution in [0, 0.1) is 17.0 Å². The SMILES string of the molecule is COC(=O)NCC1CN(c2cc(F)c(N3CCN(C(=O)C(NC(=O)c4cccnc4)C(C)(C)C)CC3)c(F)c2)C(=O)O1. The average molecular weight is 589 g/mol. The molecule has 4 amide bonds. The summed E-state index contributed by atoms with van der Waals surface area (Å²) in [6, 6.07) is 4.50.